The van der Waals surface area contributed by atoms with Crippen molar-refractivity contribution in [1.82, 2.24) is 34.7 Å². The van der Waals surface area contributed by atoms with Crippen molar-refractivity contribution in [2.45, 2.75) is 24.5 Å². The zero-order chi connectivity index (χ0) is 49.5. The van der Waals surface area contributed by atoms with Crippen molar-refractivity contribution in [2.75, 3.05) is 58.5 Å². The molecular formula is C38H43N9O18P3+. The van der Waals surface area contributed by atoms with E-state index < -0.39 is 72.6 Å². The molecule has 2 aliphatic heterocycles. The van der Waals surface area contributed by atoms with Crippen molar-refractivity contribution < 1.29 is 84.9 Å². The number of anilines is 2. The molecular weight excluding hydrogens is 963 g/mol. The maximum absolute atomic E-state index is 13.4. The maximum atomic E-state index is 13.4. The molecule has 2 aromatic carbocycles. The van der Waals surface area contributed by atoms with Gasteiger partial charge in [-0.2, -0.15) is 8.62 Å². The number of aliphatic hydroxyl groups is 1. The fourth-order valence-electron chi connectivity index (χ4n) is 7.16. The van der Waals surface area contributed by atoms with E-state index in [-0.39, 0.29) is 41.2 Å². The van der Waals surface area contributed by atoms with E-state index >= 15 is 0 Å². The van der Waals surface area contributed by atoms with E-state index in [4.69, 9.17) is 33.9 Å². The predicted octanol–water partition coefficient (Wildman–Crippen LogP) is 1.85. The van der Waals surface area contributed by atoms with Crippen molar-refractivity contribution in [3.63, 3.8) is 0 Å². The summed E-state index contributed by atoms with van der Waals surface area (Å²) in [6, 6.07) is 15.3. The number of ether oxygens (including phenoxy) is 2. The number of benzene rings is 3. The molecule has 0 bridgehead atoms. The molecule has 4 aromatic rings. The van der Waals surface area contributed by atoms with Gasteiger partial charge in [0.25, 0.3) is 5.91 Å². The second kappa shape index (κ2) is 19.4. The van der Waals surface area contributed by atoms with Gasteiger partial charge in [-0.15, -0.1) is 0 Å². The first-order valence-corrected chi connectivity index (χ1v) is 24.3. The summed E-state index contributed by atoms with van der Waals surface area (Å²) < 4.78 is 68.2. The second-order valence-electron chi connectivity index (χ2n) is 15.3. The summed E-state index contributed by atoms with van der Waals surface area (Å²) in [5.74, 6) is -1.56. The first-order valence-electron chi connectivity index (χ1n) is 19.8. The van der Waals surface area contributed by atoms with Gasteiger partial charge in [-0.05, 0) is 35.9 Å². The number of nitrogen functional groups attached to an aromatic ring is 1. The number of amides is 2. The normalized spacial score (nSPS) is 19.1. The number of phosphoric ester groups is 1. The minimum absolute atomic E-state index is 0.0251. The Morgan fingerprint density at radius 1 is 0.912 bits per heavy atom. The molecule has 2 aromatic heterocycles. The number of rotatable bonds is 16. The van der Waals surface area contributed by atoms with Gasteiger partial charge in [0, 0.05) is 67.1 Å². The molecule has 6 atom stereocenters. The van der Waals surface area contributed by atoms with Crippen LogP contribution >= 0.6 is 23.5 Å². The zero-order valence-corrected chi connectivity index (χ0v) is 38.6. The van der Waals surface area contributed by atoms with E-state index in [0.29, 0.717) is 33.4 Å². The summed E-state index contributed by atoms with van der Waals surface area (Å²) in [5, 5.41) is 28.2. The number of imidazole rings is 1. The van der Waals surface area contributed by atoms with Crippen LogP contribution < -0.4 is 31.2 Å². The van der Waals surface area contributed by atoms with E-state index in [1.807, 2.05) is 74.1 Å². The Labute approximate surface area is 383 Å². The Hall–Kier alpha value is -6.18. The first-order chi connectivity index (χ1) is 31.9. The van der Waals surface area contributed by atoms with Gasteiger partial charge >= 0.3 is 35.5 Å². The Bertz CT molecular complexity index is 3140. The minimum Gasteiger partial charge on any atom is -0.478 e. The Balaban J connectivity index is 1.05. The van der Waals surface area contributed by atoms with Crippen molar-refractivity contribution in [2.24, 2.45) is 0 Å². The molecule has 10 N–H and O–H groups in total. The number of hydrogen-bond acceptors (Lipinski definition) is 18. The summed E-state index contributed by atoms with van der Waals surface area (Å²) >= 11 is 0. The average molecular weight is 1010 g/mol. The molecule has 2 amide bonds. The molecule has 1 aliphatic carbocycles. The number of nitrogens with two attached hydrogens (primary N) is 1. The topological polar surface area (TPSA) is 383 Å². The lowest BCUT2D eigenvalue weighted by Gasteiger charge is -2.22. The minimum atomic E-state index is -5.91. The van der Waals surface area contributed by atoms with Gasteiger partial charge in [-0.25, -0.2) is 42.8 Å². The van der Waals surface area contributed by atoms with Crippen LogP contribution in [0.25, 0.3) is 44.6 Å². The van der Waals surface area contributed by atoms with E-state index in [1.54, 1.807) is 0 Å². The van der Waals surface area contributed by atoms with Crippen LogP contribution in [0.1, 0.15) is 26.9 Å². The molecule has 1 fully saturated rings. The van der Waals surface area contributed by atoms with E-state index in [1.165, 1.54) is 18.2 Å². The molecule has 68 heavy (non-hydrogen) atoms. The second-order valence-corrected chi connectivity index (χ2v) is 19.7. The summed E-state index contributed by atoms with van der Waals surface area (Å²) in [6.45, 7) is -1.67. The van der Waals surface area contributed by atoms with Crippen LogP contribution in [0.4, 0.5) is 16.3 Å². The number of aliphatic hydroxyl groups excluding tert-OH is 1. The van der Waals surface area contributed by atoms with Crippen molar-refractivity contribution in [3.05, 3.63) is 83.7 Å². The third-order valence-corrected chi connectivity index (χ3v) is 14.0. The van der Waals surface area contributed by atoms with Gasteiger partial charge in [-0.3, -0.25) is 13.9 Å². The molecule has 362 valence electrons. The summed E-state index contributed by atoms with van der Waals surface area (Å²) in [6.07, 6.45) is -5.77. The number of aromatic nitrogens is 4. The Kier molecular flexibility index (Phi) is 14.2. The van der Waals surface area contributed by atoms with Gasteiger partial charge in [0.15, 0.2) is 23.8 Å². The van der Waals surface area contributed by atoms with Crippen LogP contribution in [0.5, 0.6) is 0 Å². The molecule has 0 spiro atoms. The number of carbonyl (C=O) groups excluding carboxylic acids is 2. The van der Waals surface area contributed by atoms with E-state index in [0.717, 1.165) is 28.3 Å². The fourth-order valence-corrected chi connectivity index (χ4v) is 10.2. The highest BCUT2D eigenvalue weighted by Crippen LogP contribution is 2.66. The van der Waals surface area contributed by atoms with Gasteiger partial charge in [0.1, 0.15) is 49.5 Å². The molecule has 30 heteroatoms. The van der Waals surface area contributed by atoms with Gasteiger partial charge in [0.05, 0.1) is 24.6 Å². The SMILES string of the molecule is CN(C)c1ccc2c(-c3ccc(C(=O)NCCNC(=O)O[C@H]4[C@@H](O)[C@H](n5cnc6c(N)ncnc65)O[C@@H]4COP(=O)(O)OP(=O)(O)OP(=O)(O)O)cc3C(=O)O)c3ccc(=[N+](C)C)cc-3oc2c1. The van der Waals surface area contributed by atoms with Crippen LogP contribution in [-0.2, 0) is 36.3 Å². The number of fused-ring (bicyclic) bond motifs is 3. The number of aromatic carboxylic acids is 1. The number of carboxylic acids is 1. The summed E-state index contributed by atoms with van der Waals surface area (Å²) in [4.78, 5) is 90.4. The number of hydrogen-bond donors (Lipinski definition) is 9. The molecule has 3 aliphatic rings. The molecule has 0 radical (unpaired) electrons. The lowest BCUT2D eigenvalue weighted by Crippen LogP contribution is -2.42. The number of alkyl carbamates (subject to hydrolysis) is 1. The molecule has 7 rings (SSSR count). The Morgan fingerprint density at radius 3 is 2.32 bits per heavy atom. The average Bonchev–Trinajstić information content (AvgIpc) is 3.82. The van der Waals surface area contributed by atoms with Gasteiger partial charge in [0.2, 0.25) is 5.36 Å². The van der Waals surface area contributed by atoms with E-state index in [2.05, 4.69) is 34.2 Å². The highest BCUT2D eigenvalue weighted by atomic mass is 31.3. The van der Waals surface area contributed by atoms with Gasteiger partial charge < -0.3 is 64.9 Å². The van der Waals surface area contributed by atoms with Crippen LogP contribution in [0.3, 0.4) is 0 Å². The summed E-state index contributed by atoms with van der Waals surface area (Å²) in [5.41, 5.74) is 8.64. The standard InChI is InChI=1S/C38H42N9O18P3/c1-45(2)20-6-9-23-26(14-20)61-27-15-21(46(3)4)7-10-24(27)29(23)22-8-5-19(13-25(22)37(50)51)35(49)40-11-12-41-38(52)63-32-28(16-60-67(56,57)65-68(58,59)64-66(53,54)55)62-36(31(32)48)47-18-44-30-33(39)42-17-43-34(30)47/h5-10,13-15,17-18,28,31-32,36,48H,11-12,16H2,1-4H3,(H8-,39,40,41,42,43,49,50,51,52,53,54,55,56,57,58,59)/p+1/t28-,31-,32-,36-/m1/s1. The summed E-state index contributed by atoms with van der Waals surface area (Å²) in [7, 11) is -9.81. The molecule has 4 heterocycles. The highest BCUT2D eigenvalue weighted by Gasteiger charge is 2.50. The van der Waals surface area contributed by atoms with Crippen LogP contribution in [0, 0.1) is 0 Å². The smallest absolute Gasteiger partial charge is 0.478 e. The van der Waals surface area contributed by atoms with Crippen LogP contribution in [0.15, 0.2) is 71.7 Å². The lowest BCUT2D eigenvalue weighted by atomic mass is 9.89. The highest BCUT2D eigenvalue weighted by molar-refractivity contribution is 7.66. The molecule has 1 saturated heterocycles. The van der Waals surface area contributed by atoms with Crippen molar-refractivity contribution in [3.8, 4) is 22.5 Å². The van der Waals surface area contributed by atoms with Crippen LogP contribution in [0.2, 0.25) is 0 Å². The Morgan fingerprint density at radius 2 is 1.63 bits per heavy atom. The number of carbonyl (C=O) groups is 3. The van der Waals surface area contributed by atoms with E-state index in [9.17, 15) is 48.1 Å². The molecule has 2 unspecified atom stereocenters. The quantitative estimate of drug-likeness (QED) is 0.0289. The zero-order valence-electron chi connectivity index (χ0n) is 36.0. The predicted molar refractivity (Wildman–Crippen MR) is 237 cm³/mol. The number of nitrogens with zero attached hydrogens (tertiary/aromatic N) is 6. The van der Waals surface area contributed by atoms with Gasteiger partial charge in [-0.1, -0.05) is 6.07 Å². The maximum Gasteiger partial charge on any atom is 0.490 e. The largest absolute Gasteiger partial charge is 0.490 e. The molecule has 27 nitrogen and oxygen atoms in total. The number of nitrogens with one attached hydrogen (secondary N) is 2. The third kappa shape index (κ3) is 11.1. The van der Waals surface area contributed by atoms with Crippen LogP contribution in [-0.4, -0.2) is 133 Å². The fraction of sp³-hybridized carbons (Fsp3) is 0.289. The van der Waals surface area contributed by atoms with Crippen molar-refractivity contribution >= 4 is 75.1 Å². The first kappa shape index (κ1) is 49.7. The number of carboxylic acid groups (broad SMARTS) is 1. The lowest BCUT2D eigenvalue weighted by molar-refractivity contribution is -0.0508. The number of phosphoric acid groups is 3. The molecule has 0 saturated carbocycles. The van der Waals surface area contributed by atoms with Crippen molar-refractivity contribution in [1.29, 1.82) is 0 Å². The third-order valence-electron chi connectivity index (χ3n) is 10.2. The monoisotopic (exact) mass is 1010 g/mol.